The summed E-state index contributed by atoms with van der Waals surface area (Å²) < 4.78 is 6.79. The van der Waals surface area contributed by atoms with E-state index in [4.69, 9.17) is 4.74 Å². The molecule has 16 heavy (non-hydrogen) atoms. The molecule has 1 rings (SSSR count). The highest BCUT2D eigenvalue weighted by molar-refractivity contribution is 5.94. The topological polar surface area (TPSA) is 48.3 Å². The van der Waals surface area contributed by atoms with Crippen molar-refractivity contribution in [3.63, 3.8) is 0 Å². The number of rotatable bonds is 4. The van der Waals surface area contributed by atoms with Gasteiger partial charge in [-0.15, -0.1) is 0 Å². The summed E-state index contributed by atoms with van der Waals surface area (Å²) in [4.78, 5) is 22.9. The molecule has 0 bridgehead atoms. The van der Waals surface area contributed by atoms with Crippen LogP contribution in [-0.4, -0.2) is 22.9 Å². The van der Waals surface area contributed by atoms with E-state index in [9.17, 15) is 9.59 Å². The standard InChI is InChI=1S/C12H17NO3/c1-5-16-12(15)11-8(2)7-13(4)10(11)6-9(3)14/h7H,5-6H2,1-4H3. The summed E-state index contributed by atoms with van der Waals surface area (Å²) in [6.07, 6.45) is 2.10. The lowest BCUT2D eigenvalue weighted by molar-refractivity contribution is -0.116. The van der Waals surface area contributed by atoms with Gasteiger partial charge >= 0.3 is 5.97 Å². The van der Waals surface area contributed by atoms with Gasteiger partial charge in [-0.05, 0) is 26.3 Å². The second-order valence-electron chi connectivity index (χ2n) is 3.84. The van der Waals surface area contributed by atoms with Crippen LogP contribution in [0.25, 0.3) is 0 Å². The van der Waals surface area contributed by atoms with E-state index in [2.05, 4.69) is 0 Å². The van der Waals surface area contributed by atoms with Crippen LogP contribution in [0.1, 0.15) is 35.5 Å². The third-order valence-corrected chi connectivity index (χ3v) is 2.39. The summed E-state index contributed by atoms with van der Waals surface area (Å²) in [6, 6.07) is 0. The fourth-order valence-electron chi connectivity index (χ4n) is 1.77. The number of hydrogen-bond acceptors (Lipinski definition) is 3. The van der Waals surface area contributed by atoms with Crippen LogP contribution in [0.3, 0.4) is 0 Å². The molecule has 0 atom stereocenters. The molecule has 0 aliphatic rings. The maximum Gasteiger partial charge on any atom is 0.340 e. The minimum absolute atomic E-state index is 0.0340. The molecule has 0 unspecified atom stereocenters. The number of ketones is 1. The number of aromatic nitrogens is 1. The molecule has 0 aliphatic heterocycles. The smallest absolute Gasteiger partial charge is 0.340 e. The van der Waals surface area contributed by atoms with Gasteiger partial charge in [0.15, 0.2) is 0 Å². The van der Waals surface area contributed by atoms with Crippen LogP contribution >= 0.6 is 0 Å². The lowest BCUT2D eigenvalue weighted by Gasteiger charge is -2.06. The Morgan fingerprint density at radius 3 is 2.56 bits per heavy atom. The van der Waals surface area contributed by atoms with E-state index in [0.717, 1.165) is 11.3 Å². The van der Waals surface area contributed by atoms with Crippen molar-refractivity contribution < 1.29 is 14.3 Å². The first-order chi connectivity index (χ1) is 7.47. The maximum absolute atomic E-state index is 11.7. The number of ether oxygens (including phenoxy) is 1. The summed E-state index contributed by atoms with van der Waals surface area (Å²) in [6.45, 7) is 5.46. The van der Waals surface area contributed by atoms with Crippen LogP contribution in [0.15, 0.2) is 6.20 Å². The molecule has 1 heterocycles. The van der Waals surface area contributed by atoms with E-state index in [1.807, 2.05) is 24.7 Å². The van der Waals surface area contributed by atoms with Gasteiger partial charge in [-0.1, -0.05) is 0 Å². The summed E-state index contributed by atoms with van der Waals surface area (Å²) in [5.41, 5.74) is 2.10. The first-order valence-corrected chi connectivity index (χ1v) is 5.28. The monoisotopic (exact) mass is 223 g/mol. The Kier molecular flexibility index (Phi) is 3.88. The molecule has 0 N–H and O–H groups in total. The van der Waals surface area contributed by atoms with Gasteiger partial charge in [-0.2, -0.15) is 0 Å². The van der Waals surface area contributed by atoms with Crippen molar-refractivity contribution in [1.29, 1.82) is 0 Å². The van der Waals surface area contributed by atoms with E-state index < -0.39 is 0 Å². The van der Waals surface area contributed by atoms with Crippen LogP contribution in [0, 0.1) is 6.92 Å². The maximum atomic E-state index is 11.7. The molecule has 0 radical (unpaired) electrons. The second kappa shape index (κ2) is 4.96. The Morgan fingerprint density at radius 2 is 2.06 bits per heavy atom. The largest absolute Gasteiger partial charge is 0.462 e. The second-order valence-corrected chi connectivity index (χ2v) is 3.84. The number of esters is 1. The third-order valence-electron chi connectivity index (χ3n) is 2.39. The van der Waals surface area contributed by atoms with Crippen molar-refractivity contribution >= 4 is 11.8 Å². The Hall–Kier alpha value is -1.58. The number of Topliss-reactive ketones (excluding diaryl/α,β-unsaturated/α-hetero) is 1. The minimum Gasteiger partial charge on any atom is -0.462 e. The molecular formula is C12H17NO3. The number of nitrogens with zero attached hydrogens (tertiary/aromatic N) is 1. The van der Waals surface area contributed by atoms with Crippen LogP contribution < -0.4 is 0 Å². The van der Waals surface area contributed by atoms with Crippen LogP contribution in [0.2, 0.25) is 0 Å². The van der Waals surface area contributed by atoms with Crippen molar-refractivity contribution in [3.05, 3.63) is 23.0 Å². The van der Waals surface area contributed by atoms with Crippen molar-refractivity contribution in [2.75, 3.05) is 6.61 Å². The highest BCUT2D eigenvalue weighted by atomic mass is 16.5. The van der Waals surface area contributed by atoms with Crippen molar-refractivity contribution in [2.24, 2.45) is 7.05 Å². The zero-order valence-corrected chi connectivity index (χ0v) is 10.2. The molecule has 0 fully saturated rings. The third kappa shape index (κ3) is 2.51. The highest BCUT2D eigenvalue weighted by Crippen LogP contribution is 2.18. The lowest BCUT2D eigenvalue weighted by atomic mass is 10.1. The van der Waals surface area contributed by atoms with E-state index in [1.54, 1.807) is 6.92 Å². The Morgan fingerprint density at radius 1 is 1.44 bits per heavy atom. The summed E-state index contributed by atoms with van der Waals surface area (Å²) in [5, 5.41) is 0. The van der Waals surface area contributed by atoms with Gasteiger partial charge in [-0.25, -0.2) is 4.79 Å². The van der Waals surface area contributed by atoms with Crippen molar-refractivity contribution in [3.8, 4) is 0 Å². The lowest BCUT2D eigenvalue weighted by Crippen LogP contribution is -2.12. The summed E-state index contributed by atoms with van der Waals surface area (Å²) >= 11 is 0. The quantitative estimate of drug-likeness (QED) is 0.729. The van der Waals surface area contributed by atoms with Crippen LogP contribution in [0.4, 0.5) is 0 Å². The van der Waals surface area contributed by atoms with Gasteiger partial charge in [0.25, 0.3) is 0 Å². The molecule has 1 aromatic rings. The summed E-state index contributed by atoms with van der Waals surface area (Å²) in [5.74, 6) is -0.316. The molecule has 0 amide bonds. The van der Waals surface area contributed by atoms with Gasteiger partial charge in [0.1, 0.15) is 5.78 Å². The number of aryl methyl sites for hydroxylation is 2. The molecule has 0 spiro atoms. The van der Waals surface area contributed by atoms with E-state index >= 15 is 0 Å². The van der Waals surface area contributed by atoms with Gasteiger partial charge < -0.3 is 9.30 Å². The molecule has 0 aliphatic carbocycles. The molecule has 1 aromatic heterocycles. The number of hydrogen-bond donors (Lipinski definition) is 0. The Labute approximate surface area is 95.2 Å². The molecular weight excluding hydrogens is 206 g/mol. The molecule has 4 heteroatoms. The predicted octanol–water partition coefficient (Wildman–Crippen LogP) is 1.64. The zero-order chi connectivity index (χ0) is 12.3. The average Bonchev–Trinajstić information content (AvgIpc) is 2.41. The number of carbonyl (C=O) groups excluding carboxylic acids is 2. The Bertz CT molecular complexity index is 418. The van der Waals surface area contributed by atoms with Crippen LogP contribution in [0.5, 0.6) is 0 Å². The van der Waals surface area contributed by atoms with Gasteiger partial charge in [0.05, 0.1) is 12.2 Å². The van der Waals surface area contributed by atoms with E-state index in [-0.39, 0.29) is 18.2 Å². The van der Waals surface area contributed by atoms with Gasteiger partial charge in [0.2, 0.25) is 0 Å². The van der Waals surface area contributed by atoms with Crippen LogP contribution in [-0.2, 0) is 23.0 Å². The Balaban J connectivity index is 3.14. The normalized spacial score (nSPS) is 10.2. The molecule has 4 nitrogen and oxygen atoms in total. The fourth-order valence-corrected chi connectivity index (χ4v) is 1.77. The summed E-state index contributed by atoms with van der Waals surface area (Å²) in [7, 11) is 1.83. The van der Waals surface area contributed by atoms with Gasteiger partial charge in [0, 0.05) is 25.4 Å². The number of carbonyl (C=O) groups is 2. The molecule has 0 aromatic carbocycles. The SMILES string of the molecule is CCOC(=O)c1c(C)cn(C)c1CC(C)=O. The molecule has 88 valence electrons. The van der Waals surface area contributed by atoms with Crippen molar-refractivity contribution in [1.82, 2.24) is 4.57 Å². The zero-order valence-electron chi connectivity index (χ0n) is 10.2. The molecule has 0 saturated heterocycles. The van der Waals surface area contributed by atoms with E-state index in [0.29, 0.717) is 12.2 Å². The first kappa shape index (κ1) is 12.5. The van der Waals surface area contributed by atoms with Gasteiger partial charge in [-0.3, -0.25) is 4.79 Å². The van der Waals surface area contributed by atoms with E-state index in [1.165, 1.54) is 6.92 Å². The highest BCUT2D eigenvalue weighted by Gasteiger charge is 2.20. The average molecular weight is 223 g/mol. The fraction of sp³-hybridized carbons (Fsp3) is 0.500. The minimum atomic E-state index is -0.350. The van der Waals surface area contributed by atoms with Crippen molar-refractivity contribution in [2.45, 2.75) is 27.2 Å². The first-order valence-electron chi connectivity index (χ1n) is 5.28. The molecule has 0 saturated carbocycles. The predicted molar refractivity (Wildman–Crippen MR) is 60.5 cm³/mol.